The molecule has 0 bridgehead atoms. The number of hydrogen-bond acceptors (Lipinski definition) is 2. The van der Waals surface area contributed by atoms with Crippen molar-refractivity contribution in [3.05, 3.63) is 47.4 Å². The Morgan fingerprint density at radius 1 is 0.857 bits per heavy atom. The van der Waals surface area contributed by atoms with Gasteiger partial charge in [-0.3, -0.25) is 0 Å². The first-order valence-corrected chi connectivity index (χ1v) is 11.3. The standard InChI is InChI=1S/C25H35FN2/c1-3-5-7-23-16-17-25(28-27-23)22-15-14-21(24(26)18-22)13-12-20-10-8-19(6-4-2)9-11-20/h14-20H,3-13H2,1-2H3/t19-,20-. The molecule has 0 amide bonds. The molecule has 2 nitrogen and oxygen atoms in total. The summed E-state index contributed by atoms with van der Waals surface area (Å²) in [5.41, 5.74) is 3.42. The third kappa shape index (κ3) is 5.86. The first-order valence-electron chi connectivity index (χ1n) is 11.3. The summed E-state index contributed by atoms with van der Waals surface area (Å²) in [4.78, 5) is 0. The van der Waals surface area contributed by atoms with Crippen LogP contribution < -0.4 is 0 Å². The SMILES string of the molecule is CCCCc1ccc(-c2ccc(CC[C@H]3CC[C@H](CCC)CC3)c(F)c2)nn1. The molecule has 28 heavy (non-hydrogen) atoms. The maximum atomic E-state index is 14.7. The molecular formula is C25H35FN2. The predicted octanol–water partition coefficient (Wildman–Crippen LogP) is 7.16. The quantitative estimate of drug-likeness (QED) is 0.459. The molecule has 0 atom stereocenters. The van der Waals surface area contributed by atoms with E-state index in [1.807, 2.05) is 24.3 Å². The number of rotatable bonds is 9. The summed E-state index contributed by atoms with van der Waals surface area (Å²) in [6.45, 7) is 4.45. The van der Waals surface area contributed by atoms with Gasteiger partial charge < -0.3 is 0 Å². The number of benzene rings is 1. The molecular weight excluding hydrogens is 347 g/mol. The second kappa shape index (κ2) is 10.7. The molecule has 152 valence electrons. The Morgan fingerprint density at radius 2 is 1.61 bits per heavy atom. The number of nitrogens with zero attached hydrogens (tertiary/aromatic N) is 2. The van der Waals surface area contributed by atoms with Gasteiger partial charge in [0.25, 0.3) is 0 Å². The Bertz CT molecular complexity index is 718. The molecule has 3 heteroatoms. The van der Waals surface area contributed by atoms with E-state index in [1.165, 1.54) is 38.5 Å². The van der Waals surface area contributed by atoms with Crippen molar-refractivity contribution < 1.29 is 4.39 Å². The molecule has 1 aliphatic carbocycles. The van der Waals surface area contributed by atoms with Gasteiger partial charge >= 0.3 is 0 Å². The lowest BCUT2D eigenvalue weighted by atomic mass is 9.78. The van der Waals surface area contributed by atoms with Crippen LogP contribution >= 0.6 is 0 Å². The molecule has 1 fully saturated rings. The van der Waals surface area contributed by atoms with Crippen LogP contribution in [0.3, 0.4) is 0 Å². The maximum absolute atomic E-state index is 14.7. The third-order valence-corrected chi connectivity index (χ3v) is 6.34. The summed E-state index contributed by atoms with van der Waals surface area (Å²) < 4.78 is 14.7. The number of halogens is 1. The molecule has 3 rings (SSSR count). The van der Waals surface area contributed by atoms with Gasteiger partial charge in [0.1, 0.15) is 5.82 Å². The zero-order valence-corrected chi connectivity index (χ0v) is 17.6. The van der Waals surface area contributed by atoms with Gasteiger partial charge in [0.2, 0.25) is 0 Å². The summed E-state index contributed by atoms with van der Waals surface area (Å²) in [6, 6.07) is 9.54. The highest BCUT2D eigenvalue weighted by molar-refractivity contribution is 5.59. The first-order chi connectivity index (χ1) is 13.7. The van der Waals surface area contributed by atoms with E-state index in [2.05, 4.69) is 24.0 Å². The zero-order valence-electron chi connectivity index (χ0n) is 17.6. The Labute approximate surface area is 170 Å². The molecule has 1 aromatic heterocycles. The normalized spacial score (nSPS) is 19.7. The Kier molecular flexibility index (Phi) is 8.00. The molecule has 1 aromatic carbocycles. The van der Waals surface area contributed by atoms with Crippen LogP contribution in [0.4, 0.5) is 4.39 Å². The lowest BCUT2D eigenvalue weighted by Crippen LogP contribution is -2.15. The zero-order chi connectivity index (χ0) is 19.8. The van der Waals surface area contributed by atoms with Gasteiger partial charge in [-0.2, -0.15) is 10.2 Å². The van der Waals surface area contributed by atoms with E-state index in [0.717, 1.165) is 66.5 Å². The second-order valence-corrected chi connectivity index (χ2v) is 8.53. The lowest BCUT2D eigenvalue weighted by molar-refractivity contribution is 0.252. The van der Waals surface area contributed by atoms with Crippen molar-refractivity contribution in [2.45, 2.75) is 84.5 Å². The van der Waals surface area contributed by atoms with Crippen LogP contribution in [-0.2, 0) is 12.8 Å². The smallest absolute Gasteiger partial charge is 0.127 e. The molecule has 0 spiro atoms. The summed E-state index contributed by atoms with van der Waals surface area (Å²) in [5.74, 6) is 1.61. The Hall–Kier alpha value is -1.77. The molecule has 1 heterocycles. The molecule has 0 N–H and O–H groups in total. The van der Waals surface area contributed by atoms with Gasteiger partial charge in [0, 0.05) is 5.56 Å². The van der Waals surface area contributed by atoms with Crippen molar-refractivity contribution in [2.75, 3.05) is 0 Å². The Balaban J connectivity index is 1.54. The summed E-state index contributed by atoms with van der Waals surface area (Å²) in [5, 5.41) is 8.59. The van der Waals surface area contributed by atoms with Gasteiger partial charge in [-0.1, -0.05) is 70.9 Å². The van der Waals surface area contributed by atoms with E-state index in [-0.39, 0.29) is 5.82 Å². The highest BCUT2D eigenvalue weighted by atomic mass is 19.1. The van der Waals surface area contributed by atoms with Crippen molar-refractivity contribution in [3.63, 3.8) is 0 Å². The highest BCUT2D eigenvalue weighted by Gasteiger charge is 2.20. The van der Waals surface area contributed by atoms with E-state index in [0.29, 0.717) is 0 Å². The van der Waals surface area contributed by atoms with Gasteiger partial charge in [0.15, 0.2) is 0 Å². The molecule has 1 saturated carbocycles. The molecule has 1 aliphatic rings. The van der Waals surface area contributed by atoms with Crippen LogP contribution in [-0.4, -0.2) is 10.2 Å². The minimum atomic E-state index is -0.103. The number of aromatic nitrogens is 2. The van der Waals surface area contributed by atoms with Gasteiger partial charge in [-0.15, -0.1) is 0 Å². The highest BCUT2D eigenvalue weighted by Crippen LogP contribution is 2.34. The molecule has 0 radical (unpaired) electrons. The van der Waals surface area contributed by atoms with Crippen LogP contribution in [0.1, 0.15) is 82.9 Å². The van der Waals surface area contributed by atoms with Crippen molar-refractivity contribution >= 4 is 0 Å². The third-order valence-electron chi connectivity index (χ3n) is 6.34. The summed E-state index contributed by atoms with van der Waals surface area (Å²) >= 11 is 0. The predicted molar refractivity (Wildman–Crippen MR) is 115 cm³/mol. The summed E-state index contributed by atoms with van der Waals surface area (Å²) in [7, 11) is 0. The van der Waals surface area contributed by atoms with E-state index in [9.17, 15) is 4.39 Å². The van der Waals surface area contributed by atoms with E-state index in [1.54, 1.807) is 6.07 Å². The van der Waals surface area contributed by atoms with Crippen LogP contribution in [0.2, 0.25) is 0 Å². The molecule has 0 unspecified atom stereocenters. The van der Waals surface area contributed by atoms with Crippen LogP contribution in [0.25, 0.3) is 11.3 Å². The number of unbranched alkanes of at least 4 members (excludes halogenated alkanes) is 1. The summed E-state index contributed by atoms with van der Waals surface area (Å²) in [6.07, 6.45) is 13.3. The molecule has 2 aromatic rings. The van der Waals surface area contributed by atoms with Crippen molar-refractivity contribution in [1.29, 1.82) is 0 Å². The van der Waals surface area contributed by atoms with Crippen LogP contribution in [0, 0.1) is 17.7 Å². The van der Waals surface area contributed by atoms with E-state index >= 15 is 0 Å². The van der Waals surface area contributed by atoms with Gasteiger partial charge in [-0.05, 0) is 61.3 Å². The fourth-order valence-corrected chi connectivity index (χ4v) is 4.49. The van der Waals surface area contributed by atoms with Crippen molar-refractivity contribution in [1.82, 2.24) is 10.2 Å². The molecule has 0 aliphatic heterocycles. The number of aryl methyl sites for hydroxylation is 2. The minimum Gasteiger partial charge on any atom is -0.207 e. The van der Waals surface area contributed by atoms with Crippen LogP contribution in [0.5, 0.6) is 0 Å². The average Bonchev–Trinajstić information content (AvgIpc) is 2.73. The molecule has 0 saturated heterocycles. The minimum absolute atomic E-state index is 0.103. The van der Waals surface area contributed by atoms with E-state index in [4.69, 9.17) is 0 Å². The lowest BCUT2D eigenvalue weighted by Gasteiger charge is -2.28. The van der Waals surface area contributed by atoms with Crippen LogP contribution in [0.15, 0.2) is 30.3 Å². The first kappa shape index (κ1) is 21.0. The number of hydrogen-bond donors (Lipinski definition) is 0. The van der Waals surface area contributed by atoms with Gasteiger partial charge in [-0.25, -0.2) is 4.39 Å². The van der Waals surface area contributed by atoms with E-state index < -0.39 is 0 Å². The van der Waals surface area contributed by atoms with Crippen molar-refractivity contribution in [2.24, 2.45) is 11.8 Å². The monoisotopic (exact) mass is 382 g/mol. The maximum Gasteiger partial charge on any atom is 0.127 e. The van der Waals surface area contributed by atoms with Gasteiger partial charge in [0.05, 0.1) is 11.4 Å². The Morgan fingerprint density at radius 3 is 2.21 bits per heavy atom. The van der Waals surface area contributed by atoms with Crippen molar-refractivity contribution in [3.8, 4) is 11.3 Å². The fraction of sp³-hybridized carbons (Fsp3) is 0.600. The fourth-order valence-electron chi connectivity index (χ4n) is 4.49. The average molecular weight is 383 g/mol. The largest absolute Gasteiger partial charge is 0.207 e. The topological polar surface area (TPSA) is 25.8 Å². The second-order valence-electron chi connectivity index (χ2n) is 8.53.